The normalized spacial score (nSPS) is 11.1. The number of carboxylic acid groups (broad SMARTS) is 1. The van der Waals surface area contributed by atoms with Crippen molar-refractivity contribution in [2.45, 2.75) is 32.7 Å². The largest absolute Gasteiger partial charge is 0.478 e. The SMILES string of the molecule is CCC(C)(C)NC(=O)Nc1c(Br)cc(Br)cc1C(=O)O. The molecule has 1 aromatic rings. The molecule has 1 rings (SSSR count). The third-order valence-corrected chi connectivity index (χ3v) is 3.94. The summed E-state index contributed by atoms with van der Waals surface area (Å²) >= 11 is 6.48. The highest BCUT2D eigenvalue weighted by Crippen LogP contribution is 2.31. The summed E-state index contributed by atoms with van der Waals surface area (Å²) in [6.07, 6.45) is 0.758. The van der Waals surface area contributed by atoms with Crippen molar-refractivity contribution in [3.63, 3.8) is 0 Å². The van der Waals surface area contributed by atoms with Crippen molar-refractivity contribution in [1.29, 1.82) is 0 Å². The number of carboxylic acids is 1. The van der Waals surface area contributed by atoms with E-state index in [1.165, 1.54) is 6.07 Å². The first-order valence-electron chi connectivity index (χ1n) is 5.98. The van der Waals surface area contributed by atoms with Gasteiger partial charge in [-0.3, -0.25) is 0 Å². The summed E-state index contributed by atoms with van der Waals surface area (Å²) < 4.78 is 1.11. The standard InChI is InChI=1S/C13H16Br2N2O3/c1-4-13(2,3)17-12(20)16-10-8(11(18)19)5-7(14)6-9(10)15/h5-6H,4H2,1-3H3,(H,18,19)(H2,16,17,20). The van der Waals surface area contributed by atoms with Crippen LogP contribution in [0, 0.1) is 0 Å². The molecule has 0 bridgehead atoms. The van der Waals surface area contributed by atoms with Crippen LogP contribution in [0.15, 0.2) is 21.1 Å². The Hall–Kier alpha value is -1.08. The minimum atomic E-state index is -1.11. The second-order valence-corrected chi connectivity index (χ2v) is 6.70. The molecule has 3 N–H and O–H groups in total. The first kappa shape index (κ1) is 17.0. The van der Waals surface area contributed by atoms with E-state index in [1.807, 2.05) is 20.8 Å². The summed E-state index contributed by atoms with van der Waals surface area (Å²) in [5.74, 6) is -1.11. The van der Waals surface area contributed by atoms with E-state index in [2.05, 4.69) is 42.5 Å². The Bertz CT molecular complexity index is 545. The molecule has 5 nitrogen and oxygen atoms in total. The van der Waals surface area contributed by atoms with Gasteiger partial charge in [0.05, 0.1) is 11.3 Å². The lowest BCUT2D eigenvalue weighted by Gasteiger charge is -2.25. The van der Waals surface area contributed by atoms with Gasteiger partial charge in [0.15, 0.2) is 0 Å². The number of rotatable bonds is 4. The number of urea groups is 1. The molecule has 2 amide bonds. The van der Waals surface area contributed by atoms with Crippen LogP contribution >= 0.6 is 31.9 Å². The van der Waals surface area contributed by atoms with Gasteiger partial charge in [0.25, 0.3) is 0 Å². The van der Waals surface area contributed by atoms with Crippen LogP contribution in [0.25, 0.3) is 0 Å². The van der Waals surface area contributed by atoms with Gasteiger partial charge in [0.1, 0.15) is 0 Å². The molecule has 0 unspecified atom stereocenters. The molecule has 110 valence electrons. The van der Waals surface area contributed by atoms with E-state index < -0.39 is 12.0 Å². The lowest BCUT2D eigenvalue weighted by atomic mass is 10.0. The van der Waals surface area contributed by atoms with Crippen LogP contribution in [0.4, 0.5) is 10.5 Å². The molecular formula is C13H16Br2N2O3. The van der Waals surface area contributed by atoms with E-state index >= 15 is 0 Å². The third-order valence-electron chi connectivity index (χ3n) is 2.86. The van der Waals surface area contributed by atoms with E-state index in [0.717, 1.165) is 6.42 Å². The van der Waals surface area contributed by atoms with Crippen molar-refractivity contribution >= 4 is 49.5 Å². The van der Waals surface area contributed by atoms with Crippen LogP contribution in [0.2, 0.25) is 0 Å². The highest BCUT2D eigenvalue weighted by Gasteiger charge is 2.21. The maximum Gasteiger partial charge on any atom is 0.337 e. The van der Waals surface area contributed by atoms with Gasteiger partial charge in [-0.25, -0.2) is 9.59 Å². The van der Waals surface area contributed by atoms with Crippen LogP contribution in [-0.2, 0) is 0 Å². The van der Waals surface area contributed by atoms with Gasteiger partial charge < -0.3 is 15.7 Å². The Morgan fingerprint density at radius 2 is 1.90 bits per heavy atom. The number of carbonyl (C=O) groups excluding carboxylic acids is 1. The summed E-state index contributed by atoms with van der Waals surface area (Å²) in [5.41, 5.74) is -0.129. The molecule has 0 aliphatic carbocycles. The van der Waals surface area contributed by atoms with Gasteiger partial charge in [-0.15, -0.1) is 0 Å². The van der Waals surface area contributed by atoms with Crippen molar-refractivity contribution < 1.29 is 14.7 Å². The molecule has 0 spiro atoms. The highest BCUT2D eigenvalue weighted by molar-refractivity contribution is 9.11. The van der Waals surface area contributed by atoms with Crippen molar-refractivity contribution in [2.24, 2.45) is 0 Å². The van der Waals surface area contributed by atoms with Crippen LogP contribution in [0.1, 0.15) is 37.6 Å². The zero-order valence-electron chi connectivity index (χ0n) is 11.4. The van der Waals surface area contributed by atoms with Crippen LogP contribution in [-0.4, -0.2) is 22.6 Å². The number of halogens is 2. The second-order valence-electron chi connectivity index (χ2n) is 4.93. The predicted octanol–water partition coefficient (Wildman–Crippen LogP) is 4.22. The maximum absolute atomic E-state index is 12.0. The maximum atomic E-state index is 12.0. The monoisotopic (exact) mass is 406 g/mol. The van der Waals surface area contributed by atoms with E-state index in [1.54, 1.807) is 6.07 Å². The quantitative estimate of drug-likeness (QED) is 0.699. The zero-order valence-corrected chi connectivity index (χ0v) is 14.6. The molecule has 20 heavy (non-hydrogen) atoms. The van der Waals surface area contributed by atoms with Crippen molar-refractivity contribution in [3.05, 3.63) is 26.6 Å². The number of amides is 2. The van der Waals surface area contributed by atoms with E-state index in [9.17, 15) is 14.7 Å². The predicted molar refractivity (Wildman–Crippen MR) is 85.3 cm³/mol. The Morgan fingerprint density at radius 3 is 2.40 bits per heavy atom. The van der Waals surface area contributed by atoms with Crippen LogP contribution in [0.3, 0.4) is 0 Å². The Labute approximate surface area is 134 Å². The van der Waals surface area contributed by atoms with Crippen molar-refractivity contribution in [1.82, 2.24) is 5.32 Å². The Morgan fingerprint density at radius 1 is 1.30 bits per heavy atom. The first-order chi connectivity index (χ1) is 9.16. The molecule has 0 atom stereocenters. The lowest BCUT2D eigenvalue weighted by molar-refractivity contribution is 0.0698. The fraction of sp³-hybridized carbons (Fsp3) is 0.385. The highest BCUT2D eigenvalue weighted by atomic mass is 79.9. The zero-order chi connectivity index (χ0) is 15.5. The van der Waals surface area contributed by atoms with E-state index in [4.69, 9.17) is 0 Å². The fourth-order valence-corrected chi connectivity index (χ4v) is 2.73. The molecule has 0 saturated carbocycles. The molecular weight excluding hydrogens is 392 g/mol. The Balaban J connectivity index is 3.03. The first-order valence-corrected chi connectivity index (χ1v) is 7.56. The van der Waals surface area contributed by atoms with Crippen molar-refractivity contribution in [3.8, 4) is 0 Å². The number of nitrogens with one attached hydrogen (secondary N) is 2. The van der Waals surface area contributed by atoms with Gasteiger partial charge in [-0.05, 0) is 48.3 Å². The summed E-state index contributed by atoms with van der Waals surface area (Å²) in [6, 6.07) is 2.67. The molecule has 0 saturated heterocycles. The van der Waals surface area contributed by atoms with Gasteiger partial charge in [0.2, 0.25) is 0 Å². The number of carbonyl (C=O) groups is 2. The minimum absolute atomic E-state index is 0.00991. The number of aromatic carboxylic acids is 1. The molecule has 7 heteroatoms. The molecule has 0 aliphatic rings. The van der Waals surface area contributed by atoms with E-state index in [0.29, 0.717) is 8.95 Å². The second kappa shape index (κ2) is 6.58. The van der Waals surface area contributed by atoms with Gasteiger partial charge in [0, 0.05) is 14.5 Å². The third kappa shape index (κ3) is 4.49. The van der Waals surface area contributed by atoms with Gasteiger partial charge >= 0.3 is 12.0 Å². The Kier molecular flexibility index (Phi) is 5.59. The molecule has 0 radical (unpaired) electrons. The number of anilines is 1. The molecule has 0 aliphatic heterocycles. The molecule has 0 aromatic heterocycles. The van der Waals surface area contributed by atoms with Gasteiger partial charge in [-0.2, -0.15) is 0 Å². The topological polar surface area (TPSA) is 78.4 Å². The summed E-state index contributed by atoms with van der Waals surface area (Å²) in [4.78, 5) is 23.2. The molecule has 1 aromatic carbocycles. The minimum Gasteiger partial charge on any atom is -0.478 e. The summed E-state index contributed by atoms with van der Waals surface area (Å²) in [7, 11) is 0. The number of benzene rings is 1. The van der Waals surface area contributed by atoms with Crippen LogP contribution in [0.5, 0.6) is 0 Å². The molecule has 0 heterocycles. The average Bonchev–Trinajstić information content (AvgIpc) is 2.31. The average molecular weight is 408 g/mol. The number of hydrogen-bond acceptors (Lipinski definition) is 2. The molecule has 0 fully saturated rings. The number of hydrogen-bond donors (Lipinski definition) is 3. The summed E-state index contributed by atoms with van der Waals surface area (Å²) in [6.45, 7) is 5.74. The fourth-order valence-electron chi connectivity index (χ4n) is 1.41. The van der Waals surface area contributed by atoms with Crippen LogP contribution < -0.4 is 10.6 Å². The van der Waals surface area contributed by atoms with E-state index in [-0.39, 0.29) is 16.8 Å². The van der Waals surface area contributed by atoms with Gasteiger partial charge in [-0.1, -0.05) is 22.9 Å². The lowest BCUT2D eigenvalue weighted by Crippen LogP contribution is -2.45. The smallest absolute Gasteiger partial charge is 0.337 e. The summed E-state index contributed by atoms with van der Waals surface area (Å²) in [5, 5.41) is 14.6. The van der Waals surface area contributed by atoms with Crippen molar-refractivity contribution in [2.75, 3.05) is 5.32 Å².